The van der Waals surface area contributed by atoms with Crippen molar-refractivity contribution in [3.63, 3.8) is 0 Å². The second kappa shape index (κ2) is 12.3. The third-order valence-electron chi connectivity index (χ3n) is 10.1. The van der Waals surface area contributed by atoms with E-state index in [0.717, 1.165) is 12.8 Å². The molecule has 1 atom stereocenters. The van der Waals surface area contributed by atoms with E-state index in [1.165, 1.54) is 39.0 Å². The number of allylic oxidation sites excluding steroid dienone is 4. The van der Waals surface area contributed by atoms with Crippen LogP contribution in [0.4, 0.5) is 0 Å². The quantitative estimate of drug-likeness (QED) is 0.173. The summed E-state index contributed by atoms with van der Waals surface area (Å²) in [4.78, 5) is 0. The predicted octanol–water partition coefficient (Wildman–Crippen LogP) is 11.3. The molecule has 2 aliphatic carbocycles. The number of fused-ring (bicyclic) bond motifs is 3. The first-order chi connectivity index (χ1) is 21.7. The molecule has 0 aromatic heterocycles. The van der Waals surface area contributed by atoms with Crippen LogP contribution in [0, 0.1) is 11.3 Å². The van der Waals surface area contributed by atoms with Crippen LogP contribution in [0.25, 0.3) is 11.1 Å². The van der Waals surface area contributed by atoms with Crippen molar-refractivity contribution in [2.75, 3.05) is 0 Å². The number of benzene rings is 4. The third kappa shape index (κ3) is 6.22. The molecule has 46 heavy (non-hydrogen) atoms. The molecular formula is C45H52Zr. The molecule has 4 aromatic rings. The molecule has 0 N–H and O–H groups in total. The van der Waals surface area contributed by atoms with Crippen LogP contribution in [0.3, 0.4) is 0 Å². The van der Waals surface area contributed by atoms with Crippen molar-refractivity contribution in [1.82, 2.24) is 0 Å². The van der Waals surface area contributed by atoms with Gasteiger partial charge in [0.2, 0.25) is 0 Å². The normalized spacial score (nSPS) is 16.1. The Hall–Kier alpha value is -2.89. The summed E-state index contributed by atoms with van der Waals surface area (Å²) in [6.45, 7) is 23.9. The van der Waals surface area contributed by atoms with E-state index in [0.29, 0.717) is 5.92 Å². The molecule has 1 heteroatoms. The number of rotatable bonds is 5. The molecule has 0 saturated heterocycles. The monoisotopic (exact) mass is 682 g/mol. The van der Waals surface area contributed by atoms with Gasteiger partial charge < -0.3 is 0 Å². The first-order valence-electron chi connectivity index (χ1n) is 17.3. The molecular weight excluding hydrogens is 632 g/mol. The summed E-state index contributed by atoms with van der Waals surface area (Å²) in [6.07, 6.45) is 7.48. The van der Waals surface area contributed by atoms with Gasteiger partial charge in [-0.25, -0.2) is 0 Å². The van der Waals surface area contributed by atoms with Crippen LogP contribution in [-0.2, 0) is 38.5 Å². The minimum absolute atomic E-state index is 0.0289. The van der Waals surface area contributed by atoms with Gasteiger partial charge in [0.15, 0.2) is 0 Å². The van der Waals surface area contributed by atoms with Gasteiger partial charge in [0.1, 0.15) is 0 Å². The van der Waals surface area contributed by atoms with Crippen LogP contribution in [0.1, 0.15) is 109 Å². The Bertz CT molecular complexity index is 1820. The van der Waals surface area contributed by atoms with Gasteiger partial charge in [0.25, 0.3) is 0 Å². The van der Waals surface area contributed by atoms with Crippen molar-refractivity contribution >= 4 is 6.48 Å². The Balaban J connectivity index is 1.77. The zero-order valence-corrected chi connectivity index (χ0v) is 32.3. The average Bonchev–Trinajstić information content (AvgIpc) is 3.61. The molecule has 0 nitrogen and oxygen atoms in total. The van der Waals surface area contributed by atoms with Crippen LogP contribution in [0.5, 0.6) is 0 Å². The maximum atomic E-state index is 2.68. The summed E-state index contributed by atoms with van der Waals surface area (Å²) in [7, 11) is 0. The Morgan fingerprint density at radius 2 is 1.26 bits per heavy atom. The van der Waals surface area contributed by atoms with E-state index in [1.807, 2.05) is 0 Å². The predicted molar refractivity (Wildman–Crippen MR) is 197 cm³/mol. The molecule has 1 unspecified atom stereocenters. The Morgan fingerprint density at radius 1 is 0.674 bits per heavy atom. The molecule has 6 rings (SSSR count). The summed E-state index contributed by atoms with van der Waals surface area (Å²) in [5.41, 5.74) is 13.6. The SMILES string of the molecule is CCC1C=C(C(C)(C)C)C=[C]1[Zr](=[C](c1ccccc1)c1ccccc1)[c]1c(C(C)(C)C)ccc2c1Cc1cc(C(C)(C)C)ccc1-2. The van der Waals surface area contributed by atoms with Crippen LogP contribution >= 0.6 is 0 Å². The number of hydrogen-bond donors (Lipinski definition) is 0. The van der Waals surface area contributed by atoms with E-state index in [1.54, 1.807) is 20.9 Å². The molecule has 2 aliphatic rings. The van der Waals surface area contributed by atoms with Gasteiger partial charge in [-0.05, 0) is 0 Å². The molecule has 0 amide bonds. The van der Waals surface area contributed by atoms with E-state index < -0.39 is 21.3 Å². The Morgan fingerprint density at radius 3 is 1.78 bits per heavy atom. The van der Waals surface area contributed by atoms with E-state index in [9.17, 15) is 0 Å². The fourth-order valence-corrected chi connectivity index (χ4v) is 17.1. The van der Waals surface area contributed by atoms with Gasteiger partial charge in [0.05, 0.1) is 0 Å². The first-order valence-corrected chi connectivity index (χ1v) is 21.0. The molecule has 0 saturated carbocycles. The van der Waals surface area contributed by atoms with Gasteiger partial charge >= 0.3 is 288 Å². The Kier molecular flexibility index (Phi) is 8.82. The van der Waals surface area contributed by atoms with Crippen LogP contribution < -0.4 is 3.27 Å². The number of hydrogen-bond acceptors (Lipinski definition) is 0. The molecule has 236 valence electrons. The van der Waals surface area contributed by atoms with Crippen molar-refractivity contribution < 1.29 is 21.3 Å². The maximum absolute atomic E-state index is 2.93. The zero-order valence-electron chi connectivity index (χ0n) is 29.8. The van der Waals surface area contributed by atoms with E-state index in [4.69, 9.17) is 0 Å². The zero-order chi connectivity index (χ0) is 33.0. The van der Waals surface area contributed by atoms with Gasteiger partial charge in [-0.1, -0.05) is 0 Å². The van der Waals surface area contributed by atoms with Crippen LogP contribution in [0.2, 0.25) is 0 Å². The van der Waals surface area contributed by atoms with Gasteiger partial charge in [0, 0.05) is 0 Å². The minimum atomic E-state index is -2.93. The molecule has 0 bridgehead atoms. The summed E-state index contributed by atoms with van der Waals surface area (Å²) in [5, 5.41) is 0. The second-order valence-corrected chi connectivity index (χ2v) is 22.3. The third-order valence-corrected chi connectivity index (χ3v) is 18.0. The fraction of sp³-hybridized carbons (Fsp3) is 0.356. The van der Waals surface area contributed by atoms with Crippen molar-refractivity contribution in [3.05, 3.63) is 145 Å². The van der Waals surface area contributed by atoms with Gasteiger partial charge in [-0.2, -0.15) is 0 Å². The molecule has 0 fully saturated rings. The van der Waals surface area contributed by atoms with Crippen molar-refractivity contribution in [2.24, 2.45) is 11.3 Å². The topological polar surface area (TPSA) is 0 Å². The summed E-state index contributed by atoms with van der Waals surface area (Å²) in [6, 6.07) is 35.1. The second-order valence-electron chi connectivity index (χ2n) is 16.5. The van der Waals surface area contributed by atoms with E-state index in [-0.39, 0.29) is 16.2 Å². The summed E-state index contributed by atoms with van der Waals surface area (Å²) >= 11 is -2.93. The molecule has 4 aromatic carbocycles. The van der Waals surface area contributed by atoms with Gasteiger partial charge in [-0.15, -0.1) is 0 Å². The molecule has 0 heterocycles. The first kappa shape index (κ1) is 33.0. The van der Waals surface area contributed by atoms with E-state index >= 15 is 0 Å². The van der Waals surface area contributed by atoms with Crippen LogP contribution in [-0.4, -0.2) is 3.21 Å². The molecule has 0 aliphatic heterocycles. The van der Waals surface area contributed by atoms with Crippen LogP contribution in [0.15, 0.2) is 112 Å². The molecule has 0 spiro atoms. The average molecular weight is 684 g/mol. The molecule has 0 radical (unpaired) electrons. The van der Waals surface area contributed by atoms with E-state index in [2.05, 4.69) is 172 Å². The van der Waals surface area contributed by atoms with Crippen molar-refractivity contribution in [1.29, 1.82) is 0 Å². The van der Waals surface area contributed by atoms with Crippen molar-refractivity contribution in [2.45, 2.75) is 92.9 Å². The van der Waals surface area contributed by atoms with Crippen molar-refractivity contribution in [3.8, 4) is 11.1 Å². The summed E-state index contributed by atoms with van der Waals surface area (Å²) < 4.78 is 5.07. The van der Waals surface area contributed by atoms with Gasteiger partial charge in [-0.3, -0.25) is 0 Å². The Labute approximate surface area is 286 Å². The fourth-order valence-electron chi connectivity index (χ4n) is 7.42. The summed E-state index contributed by atoms with van der Waals surface area (Å²) in [5.74, 6) is 0.478. The standard InChI is InChI=1S/C21H25.C13H10.C11H17.Zr/c1-20(2,3)16-7-9-18-14(12-16)11-15-13-17(21(4,5)6)8-10-19(15)18;1-3-7-12(8-4-1)11-13-9-5-2-6-10-13;1-5-9-6-7-10(8-9)11(2,3)4;/h7-10,12H,11H2,1-6H3;1-10H;7-9H,5H2,1-4H3;.